The molecule has 0 bridgehead atoms. The normalized spacial score (nSPS) is 10.0. The van der Waals surface area contributed by atoms with E-state index in [-0.39, 0.29) is 32.7 Å². The molecule has 0 saturated carbocycles. The zero-order chi connectivity index (χ0) is 4.50. The van der Waals surface area contributed by atoms with E-state index in [1.54, 1.807) is 0 Å². The molecule has 6 heavy (non-hydrogen) atoms. The van der Waals surface area contributed by atoms with Crippen molar-refractivity contribution in [3.63, 3.8) is 0 Å². The van der Waals surface area contributed by atoms with Crippen molar-refractivity contribution in [2.75, 3.05) is 0 Å². The summed E-state index contributed by atoms with van der Waals surface area (Å²) in [7, 11) is -3.86. The van der Waals surface area contributed by atoms with Gasteiger partial charge in [-0.05, 0) is 0 Å². The number of hydrogen-bond donors (Lipinski definition) is 3. The Morgan fingerprint density at radius 3 is 1.17 bits per heavy atom. The molecule has 0 rings (SSSR count). The van der Waals surface area contributed by atoms with Gasteiger partial charge in [0.15, 0.2) is 0 Å². The van der Waals surface area contributed by atoms with Crippen LogP contribution in [-0.4, -0.2) is 23.2 Å². The molecule has 0 saturated heterocycles. The summed E-state index contributed by atoms with van der Waals surface area (Å²) in [5.74, 6) is 0. The standard InChI is InChI=1S/CH5O3Si.Y/c1-5(2,3)4;/h2-4H,1H2;/q-1;+3. The van der Waals surface area contributed by atoms with Crippen molar-refractivity contribution in [2.24, 2.45) is 0 Å². The molecule has 3 N–H and O–H groups in total. The average Bonchev–Trinajstić information content (AvgIpc) is 0.722. The fourth-order valence-corrected chi connectivity index (χ4v) is 0. The molecule has 0 fully saturated rings. The molecule has 0 amide bonds. The second-order valence-corrected chi connectivity index (χ2v) is 2.32. The van der Waals surface area contributed by atoms with Gasteiger partial charge >= 0.3 is 41.5 Å². The predicted molar refractivity (Wildman–Crippen MR) is 17.8 cm³/mol. The fraction of sp³-hybridized carbons (Fsp3) is 0. The monoisotopic (exact) mass is 182 g/mol. The molecular weight excluding hydrogens is 177 g/mol. The Bertz CT molecular complexity index is 26.3. The molecule has 0 heterocycles. The molecular formula is CH5O3SiY+2. The van der Waals surface area contributed by atoms with Crippen LogP contribution in [0, 0.1) is 6.55 Å². The van der Waals surface area contributed by atoms with E-state index in [2.05, 4.69) is 6.55 Å². The third-order valence-electron chi connectivity index (χ3n) is 0. The van der Waals surface area contributed by atoms with Crippen molar-refractivity contribution in [2.45, 2.75) is 0 Å². The molecule has 0 atom stereocenters. The third kappa shape index (κ3) is 63.7. The number of rotatable bonds is 0. The Labute approximate surface area is 62.3 Å². The van der Waals surface area contributed by atoms with Crippen molar-refractivity contribution in [1.29, 1.82) is 0 Å². The van der Waals surface area contributed by atoms with Crippen LogP contribution >= 0.6 is 0 Å². The Morgan fingerprint density at radius 1 is 1.17 bits per heavy atom. The van der Waals surface area contributed by atoms with Gasteiger partial charge in [0.1, 0.15) is 0 Å². The SMILES string of the molecule is [CH2-][Si](O)(O)O.[Y+3]. The van der Waals surface area contributed by atoms with Gasteiger partial charge in [-0.2, -0.15) is 0 Å². The van der Waals surface area contributed by atoms with E-state index in [0.717, 1.165) is 0 Å². The molecule has 32 valence electrons. The molecule has 3 nitrogen and oxygen atoms in total. The largest absolute Gasteiger partial charge is 3.00 e. The Morgan fingerprint density at radius 2 is 1.17 bits per heavy atom. The second kappa shape index (κ2) is 3.23. The van der Waals surface area contributed by atoms with E-state index in [1.807, 2.05) is 0 Å². The van der Waals surface area contributed by atoms with Crippen LogP contribution in [0.1, 0.15) is 0 Å². The van der Waals surface area contributed by atoms with Crippen molar-refractivity contribution in [1.82, 2.24) is 0 Å². The van der Waals surface area contributed by atoms with Gasteiger partial charge in [0.2, 0.25) is 0 Å². The van der Waals surface area contributed by atoms with Crippen molar-refractivity contribution >= 4 is 8.80 Å². The summed E-state index contributed by atoms with van der Waals surface area (Å²) in [4.78, 5) is 23.0. The van der Waals surface area contributed by atoms with Crippen molar-refractivity contribution in [3.8, 4) is 0 Å². The first kappa shape index (κ1) is 10.2. The van der Waals surface area contributed by atoms with Crippen LogP contribution in [0.3, 0.4) is 0 Å². The van der Waals surface area contributed by atoms with Gasteiger partial charge in [-0.25, -0.2) is 0 Å². The van der Waals surface area contributed by atoms with E-state index in [9.17, 15) is 0 Å². The van der Waals surface area contributed by atoms with E-state index in [1.165, 1.54) is 0 Å². The van der Waals surface area contributed by atoms with Crippen LogP contribution in [-0.2, 0) is 32.7 Å². The van der Waals surface area contributed by atoms with Crippen LogP contribution in [0.5, 0.6) is 0 Å². The van der Waals surface area contributed by atoms with E-state index >= 15 is 0 Å². The van der Waals surface area contributed by atoms with Crippen LogP contribution in [0.25, 0.3) is 0 Å². The van der Waals surface area contributed by atoms with E-state index in [4.69, 9.17) is 14.4 Å². The maximum Gasteiger partial charge on any atom is 3.00 e. The molecule has 0 aliphatic heterocycles. The molecule has 0 aromatic carbocycles. The molecule has 0 spiro atoms. The van der Waals surface area contributed by atoms with Gasteiger partial charge in [0.05, 0.1) is 0 Å². The minimum atomic E-state index is -3.86. The minimum Gasteiger partial charge on any atom is -0.410 e. The fourth-order valence-electron chi connectivity index (χ4n) is 0. The second-order valence-electron chi connectivity index (χ2n) is 0.774. The summed E-state index contributed by atoms with van der Waals surface area (Å²) in [6, 6.07) is 0. The summed E-state index contributed by atoms with van der Waals surface area (Å²) >= 11 is 0. The van der Waals surface area contributed by atoms with Crippen LogP contribution in [0.4, 0.5) is 0 Å². The number of hydrogen-bond acceptors (Lipinski definition) is 3. The topological polar surface area (TPSA) is 60.7 Å². The average molecular weight is 182 g/mol. The maximum atomic E-state index is 7.66. The summed E-state index contributed by atoms with van der Waals surface area (Å²) in [6.45, 7) is 2.58. The Hall–Kier alpha value is 1.20. The van der Waals surface area contributed by atoms with Crippen LogP contribution in [0.15, 0.2) is 0 Å². The Balaban J connectivity index is 0. The first-order chi connectivity index (χ1) is 2.00. The molecule has 0 aliphatic carbocycles. The summed E-state index contributed by atoms with van der Waals surface area (Å²) in [6.07, 6.45) is 0. The zero-order valence-corrected chi connectivity index (χ0v) is 6.96. The minimum absolute atomic E-state index is 0. The van der Waals surface area contributed by atoms with Crippen LogP contribution in [0.2, 0.25) is 0 Å². The molecule has 5 heteroatoms. The molecule has 0 aromatic heterocycles. The molecule has 0 radical (unpaired) electrons. The van der Waals surface area contributed by atoms with Crippen LogP contribution < -0.4 is 0 Å². The predicted octanol–water partition coefficient (Wildman–Crippen LogP) is -1.73. The molecule has 0 aromatic rings. The van der Waals surface area contributed by atoms with Gasteiger partial charge in [-0.3, -0.25) is 6.55 Å². The summed E-state index contributed by atoms with van der Waals surface area (Å²) < 4.78 is 0. The first-order valence-electron chi connectivity index (χ1n) is 1.02. The van der Waals surface area contributed by atoms with Gasteiger partial charge in [0, 0.05) is 0 Å². The quantitative estimate of drug-likeness (QED) is 0.308. The first-order valence-corrected chi connectivity index (χ1v) is 3.07. The van der Waals surface area contributed by atoms with Gasteiger partial charge < -0.3 is 14.4 Å². The molecule has 0 aliphatic rings. The van der Waals surface area contributed by atoms with Gasteiger partial charge in [-0.15, -0.1) is 0 Å². The molecule has 0 unspecified atom stereocenters. The van der Waals surface area contributed by atoms with E-state index in [0.29, 0.717) is 0 Å². The zero-order valence-electron chi connectivity index (χ0n) is 3.13. The van der Waals surface area contributed by atoms with E-state index < -0.39 is 8.80 Å². The van der Waals surface area contributed by atoms with Gasteiger partial charge in [0.25, 0.3) is 0 Å². The van der Waals surface area contributed by atoms with Crippen molar-refractivity contribution in [3.05, 3.63) is 6.55 Å². The summed E-state index contributed by atoms with van der Waals surface area (Å²) in [5.41, 5.74) is 0. The van der Waals surface area contributed by atoms with Gasteiger partial charge in [-0.1, -0.05) is 0 Å². The maximum absolute atomic E-state index is 7.66. The smallest absolute Gasteiger partial charge is 0.410 e. The van der Waals surface area contributed by atoms with Crippen molar-refractivity contribution < 1.29 is 47.1 Å². The Kier molecular flexibility index (Phi) is 5.52. The summed E-state index contributed by atoms with van der Waals surface area (Å²) in [5, 5.41) is 0. The third-order valence-corrected chi connectivity index (χ3v) is 0.